The third kappa shape index (κ3) is 4.78. The molecule has 0 saturated carbocycles. The van der Waals surface area contributed by atoms with E-state index in [-0.39, 0.29) is 24.8 Å². The molecule has 0 radical (unpaired) electrons. The molecule has 1 aromatic heterocycles. The summed E-state index contributed by atoms with van der Waals surface area (Å²) in [7, 11) is 0. The van der Waals surface area contributed by atoms with Crippen LogP contribution >= 0.6 is 51.2 Å². The molecule has 25 heavy (non-hydrogen) atoms. The molecule has 1 fully saturated rings. The van der Waals surface area contributed by atoms with Gasteiger partial charge in [-0.3, -0.25) is 14.5 Å². The number of hydrogen-bond acceptors (Lipinski definition) is 5. The fourth-order valence-electron chi connectivity index (χ4n) is 2.20. The third-order valence-electron chi connectivity index (χ3n) is 3.36. The minimum absolute atomic E-state index is 0.140. The molecule has 2 heterocycles. The molecule has 1 aromatic carbocycles. The monoisotopic (exact) mass is 452 g/mol. The van der Waals surface area contributed by atoms with Gasteiger partial charge in [0, 0.05) is 28.0 Å². The van der Waals surface area contributed by atoms with Crippen LogP contribution in [0.25, 0.3) is 6.08 Å². The van der Waals surface area contributed by atoms with Crippen molar-refractivity contribution in [3.63, 3.8) is 0 Å². The van der Waals surface area contributed by atoms with Gasteiger partial charge in [-0.15, -0.1) is 11.3 Å². The first-order valence-corrected chi connectivity index (χ1v) is 10.3. The van der Waals surface area contributed by atoms with Gasteiger partial charge in [0.05, 0.1) is 4.91 Å². The number of rotatable bonds is 5. The van der Waals surface area contributed by atoms with E-state index in [1.54, 1.807) is 11.3 Å². The number of amides is 2. The van der Waals surface area contributed by atoms with Gasteiger partial charge in [-0.25, -0.2) is 0 Å². The second-order valence-corrected chi connectivity index (χ2v) is 8.73. The summed E-state index contributed by atoms with van der Waals surface area (Å²) in [6.07, 6.45) is 2.02. The fraction of sp³-hybridized carbons (Fsp3) is 0.118. The summed E-state index contributed by atoms with van der Waals surface area (Å²) in [5.74, 6) is -0.298. The molecule has 1 saturated heterocycles. The fourth-order valence-corrected chi connectivity index (χ4v) is 4.63. The summed E-state index contributed by atoms with van der Waals surface area (Å²) in [5.41, 5.74) is 0.711. The van der Waals surface area contributed by atoms with Gasteiger partial charge in [-0.1, -0.05) is 52.0 Å². The Kier molecular flexibility index (Phi) is 6.06. The summed E-state index contributed by atoms with van der Waals surface area (Å²) < 4.78 is 1.38. The lowest BCUT2D eigenvalue weighted by molar-refractivity contribution is -0.122. The van der Waals surface area contributed by atoms with Gasteiger partial charge in [0.15, 0.2) is 0 Å². The molecule has 1 N–H and O–H groups in total. The van der Waals surface area contributed by atoms with Gasteiger partial charge in [-0.05, 0) is 35.7 Å². The molecular weight excluding hydrogens is 440 g/mol. The van der Waals surface area contributed by atoms with Crippen LogP contribution in [0.4, 0.5) is 5.69 Å². The molecule has 0 bridgehead atoms. The highest BCUT2D eigenvalue weighted by molar-refractivity contribution is 9.10. The van der Waals surface area contributed by atoms with E-state index in [1.165, 1.54) is 16.7 Å². The number of thiocarbonyl (C=S) groups is 1. The topological polar surface area (TPSA) is 49.4 Å². The van der Waals surface area contributed by atoms with Crippen LogP contribution in [-0.4, -0.2) is 27.6 Å². The number of anilines is 1. The van der Waals surface area contributed by atoms with Crippen molar-refractivity contribution < 1.29 is 9.59 Å². The maximum absolute atomic E-state index is 12.5. The van der Waals surface area contributed by atoms with Crippen molar-refractivity contribution in [2.45, 2.75) is 6.42 Å². The first kappa shape index (κ1) is 18.3. The quantitative estimate of drug-likeness (QED) is 0.525. The number of carbonyl (C=O) groups is 2. The molecule has 2 aromatic rings. The summed E-state index contributed by atoms with van der Waals surface area (Å²) in [6, 6.07) is 11.2. The van der Waals surface area contributed by atoms with E-state index in [1.807, 2.05) is 47.9 Å². The predicted octanol–water partition coefficient (Wildman–Crippen LogP) is 4.74. The van der Waals surface area contributed by atoms with Gasteiger partial charge in [0.25, 0.3) is 5.91 Å². The molecule has 0 aliphatic carbocycles. The minimum atomic E-state index is -0.158. The average Bonchev–Trinajstić information content (AvgIpc) is 3.15. The normalized spacial score (nSPS) is 15.9. The van der Waals surface area contributed by atoms with Crippen molar-refractivity contribution in [2.24, 2.45) is 0 Å². The molecule has 3 rings (SSSR count). The van der Waals surface area contributed by atoms with E-state index in [0.29, 0.717) is 14.9 Å². The summed E-state index contributed by atoms with van der Waals surface area (Å²) in [6.45, 7) is 0.270. The first-order valence-electron chi connectivity index (χ1n) is 7.37. The van der Waals surface area contributed by atoms with Gasteiger partial charge >= 0.3 is 0 Å². The number of hydrogen-bond donors (Lipinski definition) is 1. The second-order valence-electron chi connectivity index (χ2n) is 5.16. The summed E-state index contributed by atoms with van der Waals surface area (Å²) in [4.78, 5) is 27.7. The lowest BCUT2D eigenvalue weighted by Gasteiger charge is -2.14. The number of halogens is 1. The number of carbonyl (C=O) groups excluding carboxylic acids is 2. The Morgan fingerprint density at radius 2 is 2.16 bits per heavy atom. The van der Waals surface area contributed by atoms with Crippen LogP contribution < -0.4 is 5.32 Å². The van der Waals surface area contributed by atoms with Crippen LogP contribution in [0.5, 0.6) is 0 Å². The molecule has 4 nitrogen and oxygen atoms in total. The summed E-state index contributed by atoms with van der Waals surface area (Å²) in [5, 5.41) is 4.77. The molecule has 1 aliphatic rings. The second kappa shape index (κ2) is 8.27. The van der Waals surface area contributed by atoms with Crippen LogP contribution in [0.1, 0.15) is 11.3 Å². The average molecular weight is 453 g/mol. The Labute approximate surface area is 167 Å². The number of nitrogens with one attached hydrogen (secondary N) is 1. The van der Waals surface area contributed by atoms with E-state index < -0.39 is 0 Å². The minimum Gasteiger partial charge on any atom is -0.326 e. The smallest absolute Gasteiger partial charge is 0.266 e. The van der Waals surface area contributed by atoms with Crippen LogP contribution in [0.2, 0.25) is 0 Å². The van der Waals surface area contributed by atoms with Crippen molar-refractivity contribution in [1.82, 2.24) is 4.90 Å². The van der Waals surface area contributed by atoms with Crippen molar-refractivity contribution >= 4 is 79.1 Å². The van der Waals surface area contributed by atoms with Crippen LogP contribution in [0.3, 0.4) is 0 Å². The van der Waals surface area contributed by atoms with Crippen molar-refractivity contribution in [1.29, 1.82) is 0 Å². The molecule has 2 amide bonds. The van der Waals surface area contributed by atoms with Gasteiger partial charge in [-0.2, -0.15) is 0 Å². The van der Waals surface area contributed by atoms with E-state index in [0.717, 1.165) is 9.35 Å². The zero-order chi connectivity index (χ0) is 17.8. The number of benzene rings is 1. The SMILES string of the molecule is O=C(CCN1C(=O)/C(=C/c2cccs2)SC1=S)Nc1cccc(Br)c1. The van der Waals surface area contributed by atoms with Crippen LogP contribution in [0, 0.1) is 0 Å². The lowest BCUT2D eigenvalue weighted by Crippen LogP contribution is -2.31. The molecule has 0 atom stereocenters. The van der Waals surface area contributed by atoms with E-state index in [9.17, 15) is 9.59 Å². The first-order chi connectivity index (χ1) is 12.0. The Hall–Kier alpha value is -1.48. The molecule has 128 valence electrons. The molecule has 0 spiro atoms. The van der Waals surface area contributed by atoms with Crippen molar-refractivity contribution in [3.05, 3.63) is 56.0 Å². The highest BCUT2D eigenvalue weighted by atomic mass is 79.9. The van der Waals surface area contributed by atoms with Gasteiger partial charge < -0.3 is 5.32 Å². The largest absolute Gasteiger partial charge is 0.326 e. The molecule has 1 aliphatic heterocycles. The maximum atomic E-state index is 12.5. The Bertz CT molecular complexity index is 849. The highest BCUT2D eigenvalue weighted by Gasteiger charge is 2.32. The van der Waals surface area contributed by atoms with Crippen molar-refractivity contribution in [2.75, 3.05) is 11.9 Å². The third-order valence-corrected chi connectivity index (χ3v) is 6.05. The van der Waals surface area contributed by atoms with Crippen LogP contribution in [-0.2, 0) is 9.59 Å². The van der Waals surface area contributed by atoms with Gasteiger partial charge in [0.1, 0.15) is 4.32 Å². The summed E-state index contributed by atoms with van der Waals surface area (Å²) >= 11 is 11.5. The van der Waals surface area contributed by atoms with E-state index in [2.05, 4.69) is 21.2 Å². The standard InChI is InChI=1S/C17H13BrN2O2S3/c18-11-3-1-4-12(9-11)19-15(21)6-7-20-16(22)14(25-17(20)23)10-13-5-2-8-24-13/h1-5,8-10H,6-7H2,(H,19,21)/b14-10-. The predicted molar refractivity (Wildman–Crippen MR) is 112 cm³/mol. The number of thioether (sulfide) groups is 1. The number of nitrogens with zero attached hydrogens (tertiary/aromatic N) is 1. The van der Waals surface area contributed by atoms with Crippen molar-refractivity contribution in [3.8, 4) is 0 Å². The van der Waals surface area contributed by atoms with Gasteiger partial charge in [0.2, 0.25) is 5.91 Å². The zero-order valence-corrected chi connectivity index (χ0v) is 16.9. The molecular formula is C17H13BrN2O2S3. The zero-order valence-electron chi connectivity index (χ0n) is 12.9. The lowest BCUT2D eigenvalue weighted by atomic mass is 10.3. The molecule has 8 heteroatoms. The Morgan fingerprint density at radius 1 is 1.32 bits per heavy atom. The number of thiophene rings is 1. The Balaban J connectivity index is 1.58. The molecule has 0 unspecified atom stereocenters. The van der Waals surface area contributed by atoms with Crippen LogP contribution in [0.15, 0.2) is 51.2 Å². The maximum Gasteiger partial charge on any atom is 0.266 e. The Morgan fingerprint density at radius 3 is 2.88 bits per heavy atom. The van der Waals surface area contributed by atoms with E-state index >= 15 is 0 Å². The highest BCUT2D eigenvalue weighted by Crippen LogP contribution is 2.33. The van der Waals surface area contributed by atoms with E-state index in [4.69, 9.17) is 12.2 Å².